The first-order valence-corrected chi connectivity index (χ1v) is 5.84. The van der Waals surface area contributed by atoms with E-state index in [2.05, 4.69) is 4.99 Å². The van der Waals surface area contributed by atoms with Crippen LogP contribution in [0.15, 0.2) is 23.2 Å². The molecule has 1 aromatic carbocycles. The van der Waals surface area contributed by atoms with Gasteiger partial charge in [-0.1, -0.05) is 6.07 Å². The van der Waals surface area contributed by atoms with Crippen LogP contribution in [0.4, 0.5) is 4.39 Å². The first-order valence-electron chi connectivity index (χ1n) is 4.45. The van der Waals surface area contributed by atoms with Crippen molar-refractivity contribution in [1.82, 2.24) is 0 Å². The van der Waals surface area contributed by atoms with Gasteiger partial charge in [0.1, 0.15) is 5.82 Å². The van der Waals surface area contributed by atoms with Crippen LogP contribution in [0.5, 0.6) is 0 Å². The number of halogens is 2. The van der Waals surface area contributed by atoms with Crippen molar-refractivity contribution < 1.29 is 4.39 Å². The molecule has 0 aromatic heterocycles. The van der Waals surface area contributed by atoms with E-state index in [0.29, 0.717) is 6.54 Å². The standard InChI is InChI=1S/C10H14FN3S.HI/c1-15-6-8-4-9(11)3-2-7(8)5-14-10(12)13;/h2-4H,5-6H2,1H3,(H4,12,13,14);1H. The average Bonchev–Trinajstić information content (AvgIpc) is 2.17. The van der Waals surface area contributed by atoms with Gasteiger partial charge in [-0.25, -0.2) is 9.38 Å². The Morgan fingerprint density at radius 1 is 1.38 bits per heavy atom. The first kappa shape index (κ1) is 15.5. The van der Waals surface area contributed by atoms with Crippen LogP contribution in [0.2, 0.25) is 0 Å². The van der Waals surface area contributed by atoms with Crippen LogP contribution in [-0.4, -0.2) is 12.2 Å². The second kappa shape index (κ2) is 7.72. The Morgan fingerprint density at radius 3 is 2.62 bits per heavy atom. The van der Waals surface area contributed by atoms with Crippen molar-refractivity contribution in [3.8, 4) is 0 Å². The molecule has 0 fully saturated rings. The van der Waals surface area contributed by atoms with Gasteiger partial charge < -0.3 is 11.5 Å². The van der Waals surface area contributed by atoms with Gasteiger partial charge in [0, 0.05) is 5.75 Å². The van der Waals surface area contributed by atoms with Crippen LogP contribution in [0.3, 0.4) is 0 Å². The molecule has 90 valence electrons. The highest BCUT2D eigenvalue weighted by Gasteiger charge is 2.03. The summed E-state index contributed by atoms with van der Waals surface area (Å²) in [5, 5.41) is 0. The van der Waals surface area contributed by atoms with E-state index in [-0.39, 0.29) is 35.8 Å². The highest BCUT2D eigenvalue weighted by Crippen LogP contribution is 2.17. The maximum atomic E-state index is 13.0. The van der Waals surface area contributed by atoms with Crippen LogP contribution in [-0.2, 0) is 12.3 Å². The van der Waals surface area contributed by atoms with Gasteiger partial charge in [-0.3, -0.25) is 0 Å². The molecule has 0 saturated heterocycles. The second-order valence-corrected chi connectivity index (χ2v) is 3.95. The molecular formula is C10H15FIN3S. The predicted octanol–water partition coefficient (Wildman–Crippen LogP) is 2.08. The second-order valence-electron chi connectivity index (χ2n) is 3.09. The molecule has 16 heavy (non-hydrogen) atoms. The SMILES string of the molecule is CSCc1cc(F)ccc1CN=C(N)N.I. The normalized spacial score (nSPS) is 9.38. The molecule has 0 atom stereocenters. The highest BCUT2D eigenvalue weighted by atomic mass is 127. The summed E-state index contributed by atoms with van der Waals surface area (Å²) >= 11 is 1.63. The Hall–Kier alpha value is -0.500. The number of aliphatic imine (C=N–C) groups is 1. The number of guanidine groups is 1. The van der Waals surface area contributed by atoms with Crippen LogP contribution < -0.4 is 11.5 Å². The lowest BCUT2D eigenvalue weighted by Gasteiger charge is -2.06. The summed E-state index contributed by atoms with van der Waals surface area (Å²) in [5.41, 5.74) is 12.4. The van der Waals surface area contributed by atoms with Crippen molar-refractivity contribution in [3.05, 3.63) is 35.1 Å². The van der Waals surface area contributed by atoms with Crippen LogP contribution in [0.25, 0.3) is 0 Å². The van der Waals surface area contributed by atoms with Crippen LogP contribution in [0, 0.1) is 5.82 Å². The molecular weight excluding hydrogens is 340 g/mol. The molecule has 4 N–H and O–H groups in total. The number of hydrogen-bond acceptors (Lipinski definition) is 2. The zero-order chi connectivity index (χ0) is 11.3. The number of rotatable bonds is 4. The molecule has 0 radical (unpaired) electrons. The summed E-state index contributed by atoms with van der Waals surface area (Å²) < 4.78 is 13.0. The molecule has 1 rings (SSSR count). The number of nitrogens with zero attached hydrogens (tertiary/aromatic N) is 1. The van der Waals surface area contributed by atoms with Crippen LogP contribution >= 0.6 is 35.7 Å². The summed E-state index contributed by atoms with van der Waals surface area (Å²) in [6.07, 6.45) is 1.97. The number of thioether (sulfide) groups is 1. The molecule has 0 heterocycles. The Morgan fingerprint density at radius 2 is 2.06 bits per heavy atom. The summed E-state index contributed by atoms with van der Waals surface area (Å²) in [6, 6.07) is 4.66. The Labute approximate surface area is 116 Å². The molecule has 0 aliphatic heterocycles. The van der Waals surface area contributed by atoms with Crippen molar-refractivity contribution in [3.63, 3.8) is 0 Å². The molecule has 0 aliphatic carbocycles. The molecule has 6 heteroatoms. The lowest BCUT2D eigenvalue weighted by Crippen LogP contribution is -2.22. The van der Waals surface area contributed by atoms with Crippen molar-refractivity contribution in [2.45, 2.75) is 12.3 Å². The van der Waals surface area contributed by atoms with E-state index in [1.807, 2.05) is 6.26 Å². The van der Waals surface area contributed by atoms with E-state index in [1.54, 1.807) is 17.8 Å². The molecule has 0 saturated carbocycles. The van der Waals surface area contributed by atoms with E-state index >= 15 is 0 Å². The van der Waals surface area contributed by atoms with Crippen molar-refractivity contribution >= 4 is 41.7 Å². The van der Waals surface area contributed by atoms with E-state index in [4.69, 9.17) is 11.5 Å². The molecule has 1 aromatic rings. The number of nitrogens with two attached hydrogens (primary N) is 2. The third-order valence-corrected chi connectivity index (χ3v) is 2.50. The van der Waals surface area contributed by atoms with E-state index in [0.717, 1.165) is 16.9 Å². The fourth-order valence-electron chi connectivity index (χ4n) is 1.22. The molecule has 0 bridgehead atoms. The highest BCUT2D eigenvalue weighted by molar-refractivity contribution is 14.0. The quantitative estimate of drug-likeness (QED) is 0.494. The Kier molecular flexibility index (Phi) is 7.48. The smallest absolute Gasteiger partial charge is 0.186 e. The first-order chi connectivity index (χ1) is 7.13. The predicted molar refractivity (Wildman–Crippen MR) is 78.5 cm³/mol. The zero-order valence-electron chi connectivity index (χ0n) is 8.94. The summed E-state index contributed by atoms with van der Waals surface area (Å²) in [5.74, 6) is 0.578. The summed E-state index contributed by atoms with van der Waals surface area (Å²) in [7, 11) is 0. The average molecular weight is 355 g/mol. The minimum atomic E-state index is -0.229. The van der Waals surface area contributed by atoms with Gasteiger partial charge in [0.2, 0.25) is 0 Å². The van der Waals surface area contributed by atoms with Gasteiger partial charge in [-0.15, -0.1) is 24.0 Å². The maximum absolute atomic E-state index is 13.0. The molecule has 3 nitrogen and oxygen atoms in total. The zero-order valence-corrected chi connectivity index (χ0v) is 12.1. The third kappa shape index (κ3) is 5.02. The fourth-order valence-corrected chi connectivity index (χ4v) is 1.79. The van der Waals surface area contributed by atoms with Gasteiger partial charge in [-0.05, 0) is 29.5 Å². The monoisotopic (exact) mass is 355 g/mol. The van der Waals surface area contributed by atoms with Gasteiger partial charge in [-0.2, -0.15) is 11.8 Å². The summed E-state index contributed by atoms with van der Waals surface area (Å²) in [6.45, 7) is 0.401. The summed E-state index contributed by atoms with van der Waals surface area (Å²) in [4.78, 5) is 3.91. The van der Waals surface area contributed by atoms with Gasteiger partial charge in [0.15, 0.2) is 5.96 Å². The lowest BCUT2D eigenvalue weighted by molar-refractivity contribution is 0.625. The lowest BCUT2D eigenvalue weighted by atomic mass is 10.1. The van der Waals surface area contributed by atoms with E-state index in [9.17, 15) is 4.39 Å². The maximum Gasteiger partial charge on any atom is 0.186 e. The van der Waals surface area contributed by atoms with Crippen molar-refractivity contribution in [2.75, 3.05) is 6.26 Å². The van der Waals surface area contributed by atoms with Gasteiger partial charge >= 0.3 is 0 Å². The van der Waals surface area contributed by atoms with Crippen molar-refractivity contribution in [1.29, 1.82) is 0 Å². The molecule has 0 amide bonds. The Bertz CT molecular complexity index is 367. The van der Waals surface area contributed by atoms with E-state index in [1.165, 1.54) is 12.1 Å². The Balaban J connectivity index is 0.00000225. The number of hydrogen-bond donors (Lipinski definition) is 2. The van der Waals surface area contributed by atoms with Crippen LogP contribution in [0.1, 0.15) is 11.1 Å². The molecule has 0 unspecified atom stereocenters. The van der Waals surface area contributed by atoms with Crippen molar-refractivity contribution in [2.24, 2.45) is 16.5 Å². The topological polar surface area (TPSA) is 64.4 Å². The number of benzene rings is 1. The molecule has 0 spiro atoms. The largest absolute Gasteiger partial charge is 0.370 e. The minimum absolute atomic E-state index is 0. The third-order valence-electron chi connectivity index (χ3n) is 1.90. The fraction of sp³-hybridized carbons (Fsp3) is 0.300. The molecule has 0 aliphatic rings. The van der Waals surface area contributed by atoms with Gasteiger partial charge in [0.05, 0.1) is 6.54 Å². The van der Waals surface area contributed by atoms with Gasteiger partial charge in [0.25, 0.3) is 0 Å². The van der Waals surface area contributed by atoms with E-state index < -0.39 is 0 Å². The minimum Gasteiger partial charge on any atom is -0.370 e.